The molecular formula is C25H37N5O2. The molecular weight excluding hydrogens is 402 g/mol. The van der Waals surface area contributed by atoms with Crippen LogP contribution in [-0.4, -0.2) is 64.7 Å². The van der Waals surface area contributed by atoms with Gasteiger partial charge in [-0.05, 0) is 61.8 Å². The van der Waals surface area contributed by atoms with E-state index in [0.717, 1.165) is 36.8 Å². The average molecular weight is 440 g/mol. The highest BCUT2D eigenvalue weighted by Crippen LogP contribution is 2.21. The number of nitrogens with zero attached hydrogens (tertiary/aromatic N) is 2. The van der Waals surface area contributed by atoms with Gasteiger partial charge < -0.3 is 25.6 Å². The molecule has 1 atom stereocenters. The number of nitrogens with one attached hydrogen (secondary N) is 3. The topological polar surface area (TPSA) is 78.0 Å². The molecule has 7 nitrogen and oxygen atoms in total. The van der Waals surface area contributed by atoms with E-state index >= 15 is 0 Å². The standard InChI is InChI=1S/C25H37N5O2/c1-19(21-9-11-23(32-5)12-10-21)13-14-28-25(26-2)29-18-20-7-6-8-22(17-20)24(31)27-15-16-30(3)4/h6-12,17,19H,13-16,18H2,1-5H3,(H,27,31)(H2,26,28,29). The summed E-state index contributed by atoms with van der Waals surface area (Å²) in [6.45, 7) is 5.05. The third kappa shape index (κ3) is 8.59. The van der Waals surface area contributed by atoms with E-state index in [0.29, 0.717) is 24.6 Å². The Hall–Kier alpha value is -3.06. The van der Waals surface area contributed by atoms with E-state index in [1.807, 2.05) is 55.4 Å². The second-order valence-corrected chi connectivity index (χ2v) is 8.07. The van der Waals surface area contributed by atoms with Gasteiger partial charge in [-0.1, -0.05) is 31.2 Å². The fourth-order valence-electron chi connectivity index (χ4n) is 3.23. The first-order valence-corrected chi connectivity index (χ1v) is 11.0. The fraction of sp³-hybridized carbons (Fsp3) is 0.440. The monoisotopic (exact) mass is 439 g/mol. The molecule has 0 spiro atoms. The summed E-state index contributed by atoms with van der Waals surface area (Å²) in [6.07, 6.45) is 0.982. The number of benzene rings is 2. The quantitative estimate of drug-likeness (QED) is 0.371. The van der Waals surface area contributed by atoms with Gasteiger partial charge in [0.1, 0.15) is 5.75 Å². The van der Waals surface area contributed by atoms with E-state index in [2.05, 4.69) is 40.0 Å². The molecule has 1 amide bonds. The van der Waals surface area contributed by atoms with Crippen molar-refractivity contribution in [3.05, 3.63) is 65.2 Å². The first-order chi connectivity index (χ1) is 15.4. The molecule has 0 aromatic heterocycles. The molecule has 1 unspecified atom stereocenters. The molecule has 7 heteroatoms. The van der Waals surface area contributed by atoms with Gasteiger partial charge in [0.2, 0.25) is 0 Å². The van der Waals surface area contributed by atoms with Gasteiger partial charge >= 0.3 is 0 Å². The van der Waals surface area contributed by atoms with E-state index < -0.39 is 0 Å². The Morgan fingerprint density at radius 3 is 2.47 bits per heavy atom. The maximum absolute atomic E-state index is 12.3. The molecule has 0 bridgehead atoms. The van der Waals surface area contributed by atoms with Crippen molar-refractivity contribution in [3.63, 3.8) is 0 Å². The summed E-state index contributed by atoms with van der Waals surface area (Å²) >= 11 is 0. The zero-order valence-corrected chi connectivity index (χ0v) is 19.9. The van der Waals surface area contributed by atoms with Gasteiger partial charge in [0.15, 0.2) is 5.96 Å². The van der Waals surface area contributed by atoms with Crippen molar-refractivity contribution in [2.75, 3.05) is 47.9 Å². The van der Waals surface area contributed by atoms with Gasteiger partial charge in [-0.3, -0.25) is 9.79 Å². The minimum Gasteiger partial charge on any atom is -0.497 e. The van der Waals surface area contributed by atoms with Crippen LogP contribution >= 0.6 is 0 Å². The third-order valence-electron chi connectivity index (χ3n) is 5.27. The fourth-order valence-corrected chi connectivity index (χ4v) is 3.23. The molecule has 0 fully saturated rings. The van der Waals surface area contributed by atoms with Crippen LogP contribution < -0.4 is 20.7 Å². The Kier molecular flexibility index (Phi) is 10.5. The van der Waals surface area contributed by atoms with Gasteiger partial charge in [-0.15, -0.1) is 0 Å². The average Bonchev–Trinajstić information content (AvgIpc) is 2.81. The van der Waals surface area contributed by atoms with Crippen LogP contribution in [0.4, 0.5) is 0 Å². The first-order valence-electron chi connectivity index (χ1n) is 11.0. The van der Waals surface area contributed by atoms with E-state index in [4.69, 9.17) is 4.74 Å². The van der Waals surface area contributed by atoms with Crippen molar-refractivity contribution in [2.24, 2.45) is 4.99 Å². The second-order valence-electron chi connectivity index (χ2n) is 8.07. The second kappa shape index (κ2) is 13.4. The van der Waals surface area contributed by atoms with E-state index in [-0.39, 0.29) is 5.91 Å². The summed E-state index contributed by atoms with van der Waals surface area (Å²) in [4.78, 5) is 18.7. The van der Waals surface area contributed by atoms with Crippen molar-refractivity contribution in [3.8, 4) is 5.75 Å². The number of hydrogen-bond acceptors (Lipinski definition) is 4. The van der Waals surface area contributed by atoms with Gasteiger partial charge in [0, 0.05) is 38.8 Å². The minimum absolute atomic E-state index is 0.0521. The molecule has 0 radical (unpaired) electrons. The number of hydrogen-bond donors (Lipinski definition) is 3. The summed E-state index contributed by atoms with van der Waals surface area (Å²) in [7, 11) is 7.41. The van der Waals surface area contributed by atoms with Crippen LogP contribution in [-0.2, 0) is 6.54 Å². The maximum Gasteiger partial charge on any atom is 0.251 e. The summed E-state index contributed by atoms with van der Waals surface area (Å²) in [5.74, 6) is 1.99. The van der Waals surface area contributed by atoms with Crippen LogP contribution in [0, 0.1) is 0 Å². The number of ether oxygens (including phenoxy) is 1. The molecule has 32 heavy (non-hydrogen) atoms. The summed E-state index contributed by atoms with van der Waals surface area (Å²) < 4.78 is 5.23. The van der Waals surface area contributed by atoms with Gasteiger partial charge in [-0.25, -0.2) is 0 Å². The molecule has 0 aliphatic rings. The van der Waals surface area contributed by atoms with E-state index in [1.54, 1.807) is 14.2 Å². The van der Waals surface area contributed by atoms with Gasteiger partial charge in [-0.2, -0.15) is 0 Å². The van der Waals surface area contributed by atoms with Crippen LogP contribution in [0.1, 0.15) is 40.7 Å². The van der Waals surface area contributed by atoms with Crippen molar-refractivity contribution in [2.45, 2.75) is 25.8 Å². The number of methoxy groups -OCH3 is 1. The smallest absolute Gasteiger partial charge is 0.251 e. The highest BCUT2D eigenvalue weighted by molar-refractivity contribution is 5.94. The number of carbonyl (C=O) groups excluding carboxylic acids is 1. The molecule has 174 valence electrons. The Balaban J connectivity index is 1.78. The predicted molar refractivity (Wildman–Crippen MR) is 132 cm³/mol. The van der Waals surface area contributed by atoms with Crippen molar-refractivity contribution >= 4 is 11.9 Å². The molecule has 2 rings (SSSR count). The molecule has 0 saturated heterocycles. The Morgan fingerprint density at radius 1 is 1.06 bits per heavy atom. The van der Waals surface area contributed by atoms with Crippen LogP contribution in [0.2, 0.25) is 0 Å². The summed E-state index contributed by atoms with van der Waals surface area (Å²) in [5, 5.41) is 9.64. The Bertz CT molecular complexity index is 865. The van der Waals surface area contributed by atoms with Crippen LogP contribution in [0.3, 0.4) is 0 Å². The number of likely N-dealkylation sites (N-methyl/N-ethyl adjacent to an activating group) is 1. The molecule has 0 heterocycles. The molecule has 0 aliphatic heterocycles. The SMILES string of the molecule is CN=C(NCCC(C)c1ccc(OC)cc1)NCc1cccc(C(=O)NCCN(C)C)c1. The maximum atomic E-state index is 12.3. The highest BCUT2D eigenvalue weighted by Gasteiger charge is 2.08. The van der Waals surface area contributed by atoms with Crippen LogP contribution in [0.25, 0.3) is 0 Å². The van der Waals surface area contributed by atoms with E-state index in [9.17, 15) is 4.79 Å². The Labute approximate surface area is 192 Å². The Morgan fingerprint density at radius 2 is 1.81 bits per heavy atom. The molecule has 2 aromatic carbocycles. The highest BCUT2D eigenvalue weighted by atomic mass is 16.5. The number of amides is 1. The van der Waals surface area contributed by atoms with Crippen molar-refractivity contribution < 1.29 is 9.53 Å². The van der Waals surface area contributed by atoms with Crippen LogP contribution in [0.15, 0.2) is 53.5 Å². The van der Waals surface area contributed by atoms with Crippen molar-refractivity contribution in [1.29, 1.82) is 0 Å². The third-order valence-corrected chi connectivity index (χ3v) is 5.27. The normalized spacial score (nSPS) is 12.4. The summed E-state index contributed by atoms with van der Waals surface area (Å²) in [6, 6.07) is 15.9. The lowest BCUT2D eigenvalue weighted by atomic mass is 9.98. The lowest BCUT2D eigenvalue weighted by Gasteiger charge is -2.16. The lowest BCUT2D eigenvalue weighted by Crippen LogP contribution is -2.37. The lowest BCUT2D eigenvalue weighted by molar-refractivity contribution is 0.0951. The number of guanidine groups is 1. The predicted octanol–water partition coefficient (Wildman–Crippen LogP) is 2.85. The number of rotatable bonds is 11. The molecule has 0 aliphatic carbocycles. The first kappa shape index (κ1) is 25.2. The number of aliphatic imine (C=N–C) groups is 1. The van der Waals surface area contributed by atoms with Crippen LogP contribution in [0.5, 0.6) is 5.75 Å². The molecule has 3 N–H and O–H groups in total. The largest absolute Gasteiger partial charge is 0.497 e. The minimum atomic E-state index is -0.0521. The van der Waals surface area contributed by atoms with Gasteiger partial charge in [0.25, 0.3) is 5.91 Å². The zero-order chi connectivity index (χ0) is 23.3. The molecule has 0 saturated carbocycles. The number of carbonyl (C=O) groups is 1. The molecule has 2 aromatic rings. The zero-order valence-electron chi connectivity index (χ0n) is 19.9. The van der Waals surface area contributed by atoms with Crippen molar-refractivity contribution in [1.82, 2.24) is 20.9 Å². The summed E-state index contributed by atoms with van der Waals surface area (Å²) in [5.41, 5.74) is 2.98. The van der Waals surface area contributed by atoms with Gasteiger partial charge in [0.05, 0.1) is 7.11 Å². The van der Waals surface area contributed by atoms with E-state index in [1.165, 1.54) is 5.56 Å².